The Balaban J connectivity index is 2.93. The third kappa shape index (κ3) is 1.34. The molecule has 0 aliphatic carbocycles. The maximum atomic E-state index is 11.0. The molecule has 5 heteroatoms. The van der Waals surface area contributed by atoms with E-state index in [1.807, 2.05) is 0 Å². The molecular formula is C10H9ClN2O2. The second-order valence-corrected chi connectivity index (χ2v) is 3.72. The standard InChI is InChI=1S/C10H9ClN2O2/c1-13-7-4-5(11)2-3-6(7)8(9(13)12)10(14)15/h2-4H,12H2,1H3,(H,14,15). The van der Waals surface area contributed by atoms with E-state index in [1.54, 1.807) is 29.8 Å². The van der Waals surface area contributed by atoms with Crippen LogP contribution < -0.4 is 5.73 Å². The van der Waals surface area contributed by atoms with Crippen molar-refractivity contribution in [2.45, 2.75) is 0 Å². The van der Waals surface area contributed by atoms with Gasteiger partial charge >= 0.3 is 5.97 Å². The number of rotatable bonds is 1. The van der Waals surface area contributed by atoms with Crippen molar-refractivity contribution in [1.82, 2.24) is 4.57 Å². The summed E-state index contributed by atoms with van der Waals surface area (Å²) in [5, 5.41) is 10.2. The zero-order chi connectivity index (χ0) is 11.2. The highest BCUT2D eigenvalue weighted by molar-refractivity contribution is 6.31. The largest absolute Gasteiger partial charge is 0.478 e. The minimum atomic E-state index is -1.03. The van der Waals surface area contributed by atoms with Crippen LogP contribution in [0, 0.1) is 0 Å². The number of aromatic carboxylic acids is 1. The van der Waals surface area contributed by atoms with Crippen LogP contribution in [-0.4, -0.2) is 15.6 Å². The third-order valence-corrected chi connectivity index (χ3v) is 2.66. The van der Waals surface area contributed by atoms with E-state index in [4.69, 9.17) is 22.4 Å². The Kier molecular flexibility index (Phi) is 2.08. The molecule has 1 heterocycles. The van der Waals surface area contributed by atoms with Gasteiger partial charge < -0.3 is 15.4 Å². The van der Waals surface area contributed by atoms with Crippen molar-refractivity contribution in [3.8, 4) is 0 Å². The Bertz CT molecular complexity index is 560. The number of anilines is 1. The molecule has 2 rings (SSSR count). The zero-order valence-electron chi connectivity index (χ0n) is 7.99. The van der Waals surface area contributed by atoms with Crippen LogP contribution in [0.1, 0.15) is 10.4 Å². The lowest BCUT2D eigenvalue weighted by Gasteiger charge is -1.97. The SMILES string of the molecule is Cn1c(N)c(C(=O)O)c2ccc(Cl)cc21. The van der Waals surface area contributed by atoms with Crippen LogP contribution in [-0.2, 0) is 7.05 Å². The lowest BCUT2D eigenvalue weighted by Crippen LogP contribution is -2.03. The number of nitrogen functional groups attached to an aromatic ring is 1. The number of carboxylic acids is 1. The Morgan fingerprint density at radius 2 is 2.20 bits per heavy atom. The summed E-state index contributed by atoms with van der Waals surface area (Å²) < 4.78 is 1.62. The summed E-state index contributed by atoms with van der Waals surface area (Å²) in [6, 6.07) is 5.01. The highest BCUT2D eigenvalue weighted by Crippen LogP contribution is 2.29. The summed E-state index contributed by atoms with van der Waals surface area (Å²) >= 11 is 5.83. The van der Waals surface area contributed by atoms with E-state index in [1.165, 1.54) is 0 Å². The molecule has 1 aromatic carbocycles. The summed E-state index contributed by atoms with van der Waals surface area (Å²) in [6.07, 6.45) is 0. The molecule has 0 atom stereocenters. The first-order chi connectivity index (χ1) is 7.02. The van der Waals surface area contributed by atoms with E-state index in [0.717, 1.165) is 5.52 Å². The number of nitrogens with zero attached hydrogens (tertiary/aromatic N) is 1. The summed E-state index contributed by atoms with van der Waals surface area (Å²) in [7, 11) is 1.71. The summed E-state index contributed by atoms with van der Waals surface area (Å²) in [5.41, 5.74) is 6.55. The smallest absolute Gasteiger partial charge is 0.340 e. The molecule has 0 radical (unpaired) electrons. The first kappa shape index (κ1) is 9.86. The van der Waals surface area contributed by atoms with Crippen LogP contribution in [0.2, 0.25) is 5.02 Å². The molecule has 1 aromatic heterocycles. The van der Waals surface area contributed by atoms with Crippen molar-refractivity contribution in [2.75, 3.05) is 5.73 Å². The van der Waals surface area contributed by atoms with Gasteiger partial charge in [0.15, 0.2) is 0 Å². The van der Waals surface area contributed by atoms with E-state index >= 15 is 0 Å². The molecule has 78 valence electrons. The lowest BCUT2D eigenvalue weighted by molar-refractivity contribution is 0.0700. The summed E-state index contributed by atoms with van der Waals surface area (Å²) in [6.45, 7) is 0. The average molecular weight is 225 g/mol. The number of halogens is 1. The summed E-state index contributed by atoms with van der Waals surface area (Å²) in [4.78, 5) is 11.0. The van der Waals surface area contributed by atoms with Gasteiger partial charge in [-0.3, -0.25) is 0 Å². The van der Waals surface area contributed by atoms with Crippen LogP contribution >= 0.6 is 11.6 Å². The number of aromatic nitrogens is 1. The number of fused-ring (bicyclic) bond motifs is 1. The van der Waals surface area contributed by atoms with Gasteiger partial charge in [0, 0.05) is 17.5 Å². The van der Waals surface area contributed by atoms with Gasteiger partial charge in [0.05, 0.1) is 5.52 Å². The van der Waals surface area contributed by atoms with Crippen LogP contribution in [0.25, 0.3) is 10.9 Å². The van der Waals surface area contributed by atoms with Gasteiger partial charge in [0.1, 0.15) is 11.4 Å². The average Bonchev–Trinajstić information content (AvgIpc) is 2.41. The number of nitrogens with two attached hydrogens (primary N) is 1. The molecule has 0 aliphatic heterocycles. The third-order valence-electron chi connectivity index (χ3n) is 2.42. The predicted molar refractivity (Wildman–Crippen MR) is 59.3 cm³/mol. The minimum Gasteiger partial charge on any atom is -0.478 e. The molecule has 2 aromatic rings. The second kappa shape index (κ2) is 3.17. The molecule has 0 saturated heterocycles. The fraction of sp³-hybridized carbons (Fsp3) is 0.100. The van der Waals surface area contributed by atoms with Gasteiger partial charge in [-0.2, -0.15) is 0 Å². The first-order valence-corrected chi connectivity index (χ1v) is 4.67. The topological polar surface area (TPSA) is 68.2 Å². The molecular weight excluding hydrogens is 216 g/mol. The van der Waals surface area contributed by atoms with E-state index in [-0.39, 0.29) is 11.4 Å². The molecule has 15 heavy (non-hydrogen) atoms. The second-order valence-electron chi connectivity index (χ2n) is 3.29. The molecule has 0 spiro atoms. The molecule has 4 nitrogen and oxygen atoms in total. The minimum absolute atomic E-state index is 0.129. The maximum absolute atomic E-state index is 11.0. The lowest BCUT2D eigenvalue weighted by atomic mass is 10.1. The molecule has 3 N–H and O–H groups in total. The molecule has 0 saturated carbocycles. The molecule has 0 amide bonds. The Hall–Kier alpha value is -1.68. The number of aryl methyl sites for hydroxylation is 1. The number of benzene rings is 1. The zero-order valence-corrected chi connectivity index (χ0v) is 8.75. The van der Waals surface area contributed by atoms with Gasteiger partial charge in [0.2, 0.25) is 0 Å². The van der Waals surface area contributed by atoms with E-state index in [0.29, 0.717) is 10.4 Å². The van der Waals surface area contributed by atoms with Gasteiger partial charge in [-0.25, -0.2) is 4.79 Å². The van der Waals surface area contributed by atoms with Crippen molar-refractivity contribution >= 4 is 34.3 Å². The fourth-order valence-electron chi connectivity index (χ4n) is 1.65. The number of carbonyl (C=O) groups is 1. The monoisotopic (exact) mass is 224 g/mol. The quantitative estimate of drug-likeness (QED) is 0.780. The van der Waals surface area contributed by atoms with Crippen molar-refractivity contribution in [3.63, 3.8) is 0 Å². The van der Waals surface area contributed by atoms with Gasteiger partial charge in [-0.1, -0.05) is 17.7 Å². The first-order valence-electron chi connectivity index (χ1n) is 4.29. The van der Waals surface area contributed by atoms with Gasteiger partial charge in [-0.15, -0.1) is 0 Å². The van der Waals surface area contributed by atoms with Gasteiger partial charge in [0.25, 0.3) is 0 Å². The number of hydrogen-bond acceptors (Lipinski definition) is 2. The van der Waals surface area contributed by atoms with Crippen LogP contribution in [0.4, 0.5) is 5.82 Å². The summed E-state index contributed by atoms with van der Waals surface area (Å²) in [5.74, 6) is -0.791. The fourth-order valence-corrected chi connectivity index (χ4v) is 1.82. The normalized spacial score (nSPS) is 10.8. The van der Waals surface area contributed by atoms with E-state index in [2.05, 4.69) is 0 Å². The molecule has 0 unspecified atom stereocenters. The van der Waals surface area contributed by atoms with Crippen LogP contribution in [0.3, 0.4) is 0 Å². The Morgan fingerprint density at radius 3 is 2.80 bits per heavy atom. The molecule has 0 fully saturated rings. The maximum Gasteiger partial charge on any atom is 0.340 e. The van der Waals surface area contributed by atoms with E-state index in [9.17, 15) is 4.79 Å². The Morgan fingerprint density at radius 1 is 1.53 bits per heavy atom. The van der Waals surface area contributed by atoms with Gasteiger partial charge in [-0.05, 0) is 12.1 Å². The van der Waals surface area contributed by atoms with Crippen LogP contribution in [0.5, 0.6) is 0 Å². The predicted octanol–water partition coefficient (Wildman–Crippen LogP) is 2.11. The highest BCUT2D eigenvalue weighted by Gasteiger charge is 2.18. The van der Waals surface area contributed by atoms with E-state index < -0.39 is 5.97 Å². The van der Waals surface area contributed by atoms with Crippen molar-refractivity contribution in [1.29, 1.82) is 0 Å². The number of hydrogen-bond donors (Lipinski definition) is 2. The highest BCUT2D eigenvalue weighted by atomic mass is 35.5. The van der Waals surface area contributed by atoms with Crippen molar-refractivity contribution in [2.24, 2.45) is 7.05 Å². The Labute approximate surface area is 90.9 Å². The van der Waals surface area contributed by atoms with Crippen molar-refractivity contribution < 1.29 is 9.90 Å². The van der Waals surface area contributed by atoms with Crippen LogP contribution in [0.15, 0.2) is 18.2 Å². The molecule has 0 bridgehead atoms. The van der Waals surface area contributed by atoms with Crippen molar-refractivity contribution in [3.05, 3.63) is 28.8 Å². The number of carboxylic acid groups (broad SMARTS) is 1. The molecule has 0 aliphatic rings.